The lowest BCUT2D eigenvalue weighted by Crippen LogP contribution is -2.23. The quantitative estimate of drug-likeness (QED) is 0.895. The number of aryl methyl sites for hydroxylation is 2. The van der Waals surface area contributed by atoms with Crippen molar-refractivity contribution in [3.8, 4) is 0 Å². The Balaban J connectivity index is 2.16. The van der Waals surface area contributed by atoms with Gasteiger partial charge in [0.1, 0.15) is 5.76 Å². The van der Waals surface area contributed by atoms with E-state index in [2.05, 4.69) is 49.7 Å². The molecular formula is C15H23N3O. The molecule has 1 unspecified atom stereocenters. The first-order chi connectivity index (χ1) is 9.04. The van der Waals surface area contributed by atoms with Gasteiger partial charge in [0.15, 0.2) is 0 Å². The maximum absolute atomic E-state index is 5.44. The predicted octanol–water partition coefficient (Wildman–Crippen LogP) is 3.52. The Labute approximate surface area is 114 Å². The molecule has 0 bridgehead atoms. The van der Waals surface area contributed by atoms with Gasteiger partial charge in [-0.15, -0.1) is 0 Å². The molecule has 0 radical (unpaired) electrons. The van der Waals surface area contributed by atoms with Crippen molar-refractivity contribution in [2.75, 3.05) is 0 Å². The van der Waals surface area contributed by atoms with Gasteiger partial charge in [-0.3, -0.25) is 4.68 Å². The molecule has 2 atom stereocenters. The minimum atomic E-state index is 0.189. The monoisotopic (exact) mass is 261 g/mol. The van der Waals surface area contributed by atoms with Gasteiger partial charge in [-0.05, 0) is 46.8 Å². The summed E-state index contributed by atoms with van der Waals surface area (Å²) in [6, 6.07) is 4.36. The number of rotatable bonds is 5. The SMILES string of the molecule is CCn1nc(C)c(C(C)N[C@@H](C)c2ccco2)c1C. The Hall–Kier alpha value is -1.55. The number of nitrogens with zero attached hydrogens (tertiary/aromatic N) is 2. The highest BCUT2D eigenvalue weighted by Crippen LogP contribution is 2.24. The molecule has 0 fully saturated rings. The second-order valence-electron chi connectivity index (χ2n) is 5.03. The molecule has 0 saturated heterocycles. The first kappa shape index (κ1) is 13.9. The minimum absolute atomic E-state index is 0.189. The lowest BCUT2D eigenvalue weighted by molar-refractivity contribution is 0.401. The molecule has 0 saturated carbocycles. The van der Waals surface area contributed by atoms with Gasteiger partial charge in [0.2, 0.25) is 0 Å². The van der Waals surface area contributed by atoms with E-state index in [1.165, 1.54) is 11.3 Å². The molecule has 1 N–H and O–H groups in total. The van der Waals surface area contributed by atoms with Crippen LogP contribution < -0.4 is 5.32 Å². The molecule has 2 heterocycles. The fraction of sp³-hybridized carbons (Fsp3) is 0.533. The number of nitrogens with one attached hydrogen (secondary N) is 1. The van der Waals surface area contributed by atoms with Crippen LogP contribution in [0.3, 0.4) is 0 Å². The van der Waals surface area contributed by atoms with E-state index in [1.54, 1.807) is 6.26 Å². The number of aromatic nitrogens is 2. The highest BCUT2D eigenvalue weighted by molar-refractivity contribution is 5.28. The summed E-state index contributed by atoms with van der Waals surface area (Å²) < 4.78 is 7.49. The smallest absolute Gasteiger partial charge is 0.120 e. The highest BCUT2D eigenvalue weighted by Gasteiger charge is 2.19. The van der Waals surface area contributed by atoms with E-state index in [9.17, 15) is 0 Å². The first-order valence-corrected chi connectivity index (χ1v) is 6.88. The van der Waals surface area contributed by atoms with E-state index in [0.29, 0.717) is 0 Å². The van der Waals surface area contributed by atoms with Gasteiger partial charge in [-0.2, -0.15) is 5.10 Å². The van der Waals surface area contributed by atoms with Crippen LogP contribution in [-0.2, 0) is 6.54 Å². The minimum Gasteiger partial charge on any atom is -0.468 e. The van der Waals surface area contributed by atoms with Crippen LogP contribution in [0.5, 0.6) is 0 Å². The number of hydrogen-bond donors (Lipinski definition) is 1. The van der Waals surface area contributed by atoms with E-state index in [0.717, 1.165) is 18.0 Å². The van der Waals surface area contributed by atoms with Crippen molar-refractivity contribution in [3.05, 3.63) is 41.1 Å². The van der Waals surface area contributed by atoms with Gasteiger partial charge in [-0.25, -0.2) is 0 Å². The maximum Gasteiger partial charge on any atom is 0.120 e. The summed E-state index contributed by atoms with van der Waals surface area (Å²) in [5.41, 5.74) is 3.64. The van der Waals surface area contributed by atoms with Crippen LogP contribution in [0.4, 0.5) is 0 Å². The summed E-state index contributed by atoms with van der Waals surface area (Å²) in [5, 5.41) is 8.14. The molecule has 19 heavy (non-hydrogen) atoms. The Kier molecular flexibility index (Phi) is 4.10. The van der Waals surface area contributed by atoms with Gasteiger partial charge < -0.3 is 9.73 Å². The Bertz CT molecular complexity index is 528. The van der Waals surface area contributed by atoms with Crippen molar-refractivity contribution in [1.29, 1.82) is 0 Å². The molecule has 0 aliphatic carbocycles. The largest absolute Gasteiger partial charge is 0.468 e. The first-order valence-electron chi connectivity index (χ1n) is 6.88. The fourth-order valence-corrected chi connectivity index (χ4v) is 2.72. The molecule has 0 aliphatic heterocycles. The van der Waals surface area contributed by atoms with Crippen molar-refractivity contribution < 1.29 is 4.42 Å². The van der Waals surface area contributed by atoms with Crippen LogP contribution in [0, 0.1) is 13.8 Å². The standard InChI is InChI=1S/C15H23N3O/c1-6-18-13(5)15(12(4)17-18)11(3)16-10(2)14-8-7-9-19-14/h7-11,16H,6H2,1-5H3/t10-,11?/m0/s1. The third-order valence-corrected chi connectivity index (χ3v) is 3.64. The summed E-state index contributed by atoms with van der Waals surface area (Å²) >= 11 is 0. The van der Waals surface area contributed by atoms with Gasteiger partial charge in [0.05, 0.1) is 18.0 Å². The highest BCUT2D eigenvalue weighted by atomic mass is 16.3. The molecule has 4 nitrogen and oxygen atoms in total. The predicted molar refractivity (Wildman–Crippen MR) is 76.0 cm³/mol. The van der Waals surface area contributed by atoms with Gasteiger partial charge >= 0.3 is 0 Å². The molecule has 2 rings (SSSR count). The lowest BCUT2D eigenvalue weighted by atomic mass is 10.1. The third-order valence-electron chi connectivity index (χ3n) is 3.64. The number of furan rings is 1. The Morgan fingerprint density at radius 2 is 2.05 bits per heavy atom. The average Bonchev–Trinajstić information content (AvgIpc) is 2.97. The molecule has 2 aromatic rings. The van der Waals surface area contributed by atoms with E-state index >= 15 is 0 Å². The molecule has 0 aromatic carbocycles. The third kappa shape index (κ3) is 2.73. The fourth-order valence-electron chi connectivity index (χ4n) is 2.72. The second-order valence-corrected chi connectivity index (χ2v) is 5.03. The van der Waals surface area contributed by atoms with Crippen molar-refractivity contribution in [3.63, 3.8) is 0 Å². The van der Waals surface area contributed by atoms with E-state index in [-0.39, 0.29) is 12.1 Å². The summed E-state index contributed by atoms with van der Waals surface area (Å²) in [6.45, 7) is 11.5. The zero-order valence-corrected chi connectivity index (χ0v) is 12.4. The van der Waals surface area contributed by atoms with Crippen molar-refractivity contribution in [2.45, 2.75) is 53.2 Å². The lowest BCUT2D eigenvalue weighted by Gasteiger charge is -2.19. The van der Waals surface area contributed by atoms with Crippen molar-refractivity contribution in [2.24, 2.45) is 0 Å². The zero-order chi connectivity index (χ0) is 14.0. The summed E-state index contributed by atoms with van der Waals surface area (Å²) in [4.78, 5) is 0. The van der Waals surface area contributed by atoms with Crippen LogP contribution in [0.2, 0.25) is 0 Å². The summed E-state index contributed by atoms with van der Waals surface area (Å²) in [6.07, 6.45) is 1.71. The maximum atomic E-state index is 5.44. The average molecular weight is 261 g/mol. The van der Waals surface area contributed by atoms with E-state index in [4.69, 9.17) is 4.42 Å². The van der Waals surface area contributed by atoms with Gasteiger partial charge in [-0.1, -0.05) is 0 Å². The van der Waals surface area contributed by atoms with E-state index < -0.39 is 0 Å². The van der Waals surface area contributed by atoms with Crippen LogP contribution >= 0.6 is 0 Å². The van der Waals surface area contributed by atoms with Crippen LogP contribution in [0.15, 0.2) is 22.8 Å². The van der Waals surface area contributed by atoms with Crippen LogP contribution in [0.25, 0.3) is 0 Å². The Morgan fingerprint density at radius 3 is 2.58 bits per heavy atom. The number of hydrogen-bond acceptors (Lipinski definition) is 3. The molecule has 104 valence electrons. The second kappa shape index (κ2) is 5.61. The normalized spacial score (nSPS) is 14.6. The molecule has 4 heteroatoms. The van der Waals surface area contributed by atoms with Gasteiger partial charge in [0, 0.05) is 23.8 Å². The van der Waals surface area contributed by atoms with Crippen LogP contribution in [0.1, 0.15) is 55.6 Å². The van der Waals surface area contributed by atoms with Crippen molar-refractivity contribution in [1.82, 2.24) is 15.1 Å². The van der Waals surface area contributed by atoms with E-state index in [1.807, 2.05) is 12.1 Å². The summed E-state index contributed by atoms with van der Waals surface area (Å²) in [5.74, 6) is 0.963. The van der Waals surface area contributed by atoms with Gasteiger partial charge in [0.25, 0.3) is 0 Å². The Morgan fingerprint density at radius 1 is 1.32 bits per heavy atom. The van der Waals surface area contributed by atoms with Crippen LogP contribution in [-0.4, -0.2) is 9.78 Å². The molecule has 0 spiro atoms. The molecule has 0 aliphatic rings. The molecule has 0 amide bonds. The molecule has 2 aromatic heterocycles. The van der Waals surface area contributed by atoms with Crippen molar-refractivity contribution >= 4 is 0 Å². The summed E-state index contributed by atoms with van der Waals surface area (Å²) in [7, 11) is 0. The zero-order valence-electron chi connectivity index (χ0n) is 12.4. The molecular weight excluding hydrogens is 238 g/mol. The topological polar surface area (TPSA) is 43.0 Å².